The summed E-state index contributed by atoms with van der Waals surface area (Å²) in [5.74, 6) is 0.985. The molecule has 1 atom stereocenters. The molecule has 0 radical (unpaired) electrons. The number of aryl methyl sites for hydroxylation is 1. The van der Waals surface area contributed by atoms with Gasteiger partial charge in [-0.05, 0) is 63.4 Å². The minimum Gasteiger partial charge on any atom is -0.494 e. The maximum atomic E-state index is 5.79. The Kier molecular flexibility index (Phi) is 6.54. The van der Waals surface area contributed by atoms with Crippen LogP contribution in [0, 0.1) is 5.41 Å². The molecule has 0 fully saturated rings. The highest BCUT2D eigenvalue weighted by molar-refractivity contribution is 5.27. The van der Waals surface area contributed by atoms with Crippen LogP contribution in [0.4, 0.5) is 0 Å². The third-order valence-electron chi connectivity index (χ3n) is 3.78. The summed E-state index contributed by atoms with van der Waals surface area (Å²) in [5, 5.41) is 0. The zero-order valence-corrected chi connectivity index (χ0v) is 14.1. The summed E-state index contributed by atoms with van der Waals surface area (Å²) in [4.78, 5) is 2.27. The highest BCUT2D eigenvalue weighted by Gasteiger charge is 2.10. The molecule has 2 nitrogen and oxygen atoms in total. The van der Waals surface area contributed by atoms with Crippen LogP contribution < -0.4 is 4.74 Å². The molecule has 0 aromatic heterocycles. The molecule has 1 aromatic rings. The molecule has 0 saturated carbocycles. The van der Waals surface area contributed by atoms with Crippen molar-refractivity contribution in [2.24, 2.45) is 5.41 Å². The van der Waals surface area contributed by atoms with Crippen LogP contribution in [0.1, 0.15) is 46.1 Å². The second-order valence-electron chi connectivity index (χ2n) is 7.15. The molecule has 0 heterocycles. The Morgan fingerprint density at radius 1 is 1.10 bits per heavy atom. The van der Waals surface area contributed by atoms with Crippen LogP contribution >= 0.6 is 0 Å². The Bertz CT molecular complexity index is 375. The van der Waals surface area contributed by atoms with E-state index < -0.39 is 0 Å². The molecule has 0 spiro atoms. The van der Waals surface area contributed by atoms with E-state index >= 15 is 0 Å². The van der Waals surface area contributed by atoms with Gasteiger partial charge in [0.2, 0.25) is 0 Å². The zero-order chi connectivity index (χ0) is 15.2. The quantitative estimate of drug-likeness (QED) is 0.733. The molecule has 0 amide bonds. The van der Waals surface area contributed by atoms with Gasteiger partial charge in [-0.3, -0.25) is 0 Å². The molecule has 0 aliphatic heterocycles. The van der Waals surface area contributed by atoms with Crippen LogP contribution in [0.15, 0.2) is 24.3 Å². The Morgan fingerprint density at radius 3 is 2.20 bits per heavy atom. The number of rotatable bonds is 7. The summed E-state index contributed by atoms with van der Waals surface area (Å²) < 4.78 is 5.79. The Labute approximate surface area is 125 Å². The molecule has 0 bridgehead atoms. The van der Waals surface area contributed by atoms with Crippen LogP contribution in [0.2, 0.25) is 0 Å². The molecule has 1 aromatic carbocycles. The summed E-state index contributed by atoms with van der Waals surface area (Å²) in [6, 6.07) is 9.19. The summed E-state index contributed by atoms with van der Waals surface area (Å²) >= 11 is 0. The van der Waals surface area contributed by atoms with Crippen molar-refractivity contribution in [2.75, 3.05) is 20.7 Å². The lowest BCUT2D eigenvalue weighted by Crippen LogP contribution is -2.24. The third kappa shape index (κ3) is 6.95. The predicted molar refractivity (Wildman–Crippen MR) is 87.5 cm³/mol. The van der Waals surface area contributed by atoms with Gasteiger partial charge >= 0.3 is 0 Å². The third-order valence-corrected chi connectivity index (χ3v) is 3.78. The topological polar surface area (TPSA) is 12.5 Å². The van der Waals surface area contributed by atoms with E-state index in [-0.39, 0.29) is 0 Å². The van der Waals surface area contributed by atoms with Crippen molar-refractivity contribution in [1.29, 1.82) is 0 Å². The number of benzene rings is 1. The van der Waals surface area contributed by atoms with Crippen LogP contribution in [-0.4, -0.2) is 31.6 Å². The summed E-state index contributed by atoms with van der Waals surface area (Å²) in [5.41, 5.74) is 1.73. The lowest BCUT2D eigenvalue weighted by Gasteiger charge is -2.19. The molecule has 114 valence electrons. The largest absolute Gasteiger partial charge is 0.494 e. The molecule has 0 aliphatic rings. The molecular weight excluding hydrogens is 246 g/mol. The first-order chi connectivity index (χ1) is 9.28. The van der Waals surface area contributed by atoms with Gasteiger partial charge in [0.1, 0.15) is 5.75 Å². The van der Waals surface area contributed by atoms with Crippen LogP contribution in [0.3, 0.4) is 0 Å². The van der Waals surface area contributed by atoms with Crippen molar-refractivity contribution in [2.45, 2.75) is 53.0 Å². The molecular formula is C18H31NO. The second kappa shape index (κ2) is 7.68. The number of nitrogens with zero attached hydrogens (tertiary/aromatic N) is 1. The van der Waals surface area contributed by atoms with Crippen molar-refractivity contribution >= 4 is 0 Å². The molecule has 1 unspecified atom stereocenters. The van der Waals surface area contributed by atoms with E-state index in [9.17, 15) is 0 Å². The highest BCUT2D eigenvalue weighted by atomic mass is 16.5. The zero-order valence-electron chi connectivity index (χ0n) is 14.1. The van der Waals surface area contributed by atoms with E-state index in [2.05, 4.69) is 71.0 Å². The first kappa shape index (κ1) is 17.0. The van der Waals surface area contributed by atoms with Crippen molar-refractivity contribution in [3.63, 3.8) is 0 Å². The Balaban J connectivity index is 2.37. The van der Waals surface area contributed by atoms with E-state index in [4.69, 9.17) is 4.74 Å². The number of hydrogen-bond acceptors (Lipinski definition) is 2. The SMILES string of the molecule is CC(CCc1ccc(OCCC(C)(C)C)cc1)N(C)C. The lowest BCUT2D eigenvalue weighted by molar-refractivity contribution is 0.243. The fraction of sp³-hybridized carbons (Fsp3) is 0.667. The standard InChI is InChI=1S/C18H31NO/c1-15(19(5)6)7-8-16-9-11-17(12-10-16)20-14-13-18(2,3)4/h9-12,15H,7-8,13-14H2,1-6H3. The number of hydrogen-bond donors (Lipinski definition) is 0. The van der Waals surface area contributed by atoms with E-state index in [1.165, 1.54) is 12.0 Å². The molecule has 1 rings (SSSR count). The predicted octanol–water partition coefficient (Wildman–Crippen LogP) is 4.38. The van der Waals surface area contributed by atoms with Gasteiger partial charge in [-0.25, -0.2) is 0 Å². The van der Waals surface area contributed by atoms with E-state index in [1.54, 1.807) is 0 Å². The summed E-state index contributed by atoms with van der Waals surface area (Å²) in [7, 11) is 4.27. The summed E-state index contributed by atoms with van der Waals surface area (Å²) in [6.45, 7) is 9.78. The van der Waals surface area contributed by atoms with Gasteiger partial charge in [-0.1, -0.05) is 32.9 Å². The van der Waals surface area contributed by atoms with E-state index in [0.717, 1.165) is 25.2 Å². The van der Waals surface area contributed by atoms with Crippen LogP contribution in [0.25, 0.3) is 0 Å². The average molecular weight is 277 g/mol. The minimum absolute atomic E-state index is 0.336. The van der Waals surface area contributed by atoms with Crippen molar-refractivity contribution < 1.29 is 4.74 Å². The van der Waals surface area contributed by atoms with E-state index in [1.807, 2.05) is 0 Å². The Morgan fingerprint density at radius 2 is 1.70 bits per heavy atom. The molecule has 0 saturated heterocycles. The first-order valence-electron chi connectivity index (χ1n) is 7.66. The minimum atomic E-state index is 0.336. The van der Waals surface area contributed by atoms with Crippen LogP contribution in [-0.2, 0) is 6.42 Å². The molecule has 0 aliphatic carbocycles. The van der Waals surface area contributed by atoms with Crippen molar-refractivity contribution in [3.05, 3.63) is 29.8 Å². The molecule has 0 N–H and O–H groups in total. The Hall–Kier alpha value is -1.02. The van der Waals surface area contributed by atoms with Gasteiger partial charge in [0.05, 0.1) is 6.61 Å². The number of ether oxygens (including phenoxy) is 1. The maximum absolute atomic E-state index is 5.79. The lowest BCUT2D eigenvalue weighted by atomic mass is 9.93. The fourth-order valence-corrected chi connectivity index (χ4v) is 1.86. The smallest absolute Gasteiger partial charge is 0.119 e. The normalized spacial score (nSPS) is 13.6. The first-order valence-corrected chi connectivity index (χ1v) is 7.66. The van der Waals surface area contributed by atoms with Gasteiger partial charge in [-0.2, -0.15) is 0 Å². The van der Waals surface area contributed by atoms with Crippen molar-refractivity contribution in [3.8, 4) is 5.75 Å². The fourth-order valence-electron chi connectivity index (χ4n) is 1.86. The highest BCUT2D eigenvalue weighted by Crippen LogP contribution is 2.20. The maximum Gasteiger partial charge on any atom is 0.119 e. The molecule has 2 heteroatoms. The monoisotopic (exact) mass is 277 g/mol. The molecule has 20 heavy (non-hydrogen) atoms. The average Bonchev–Trinajstić information content (AvgIpc) is 2.35. The van der Waals surface area contributed by atoms with Gasteiger partial charge in [0.25, 0.3) is 0 Å². The van der Waals surface area contributed by atoms with Gasteiger partial charge in [0.15, 0.2) is 0 Å². The van der Waals surface area contributed by atoms with Gasteiger partial charge in [-0.15, -0.1) is 0 Å². The van der Waals surface area contributed by atoms with Gasteiger partial charge in [0, 0.05) is 6.04 Å². The van der Waals surface area contributed by atoms with E-state index in [0.29, 0.717) is 11.5 Å². The van der Waals surface area contributed by atoms with Crippen LogP contribution in [0.5, 0.6) is 5.75 Å². The summed E-state index contributed by atoms with van der Waals surface area (Å²) in [6.07, 6.45) is 3.40. The van der Waals surface area contributed by atoms with Crippen molar-refractivity contribution in [1.82, 2.24) is 4.90 Å². The van der Waals surface area contributed by atoms with Gasteiger partial charge < -0.3 is 9.64 Å². The second-order valence-corrected chi connectivity index (χ2v) is 7.15.